The SMILES string of the molecule is C[C@H](NC(=O)c1nc[nH]c1C(=O)NC(c1ccccc1)c1ccccc1)C(=O)OC(C)(C)C. The van der Waals surface area contributed by atoms with E-state index in [0.717, 1.165) is 11.1 Å². The quantitative estimate of drug-likeness (QED) is 0.480. The Morgan fingerprint density at radius 2 is 1.42 bits per heavy atom. The number of benzene rings is 2. The largest absolute Gasteiger partial charge is 0.458 e. The summed E-state index contributed by atoms with van der Waals surface area (Å²) in [5, 5.41) is 5.51. The number of H-pyrrole nitrogens is 1. The molecular weight excluding hydrogens is 420 g/mol. The fourth-order valence-corrected chi connectivity index (χ4v) is 3.21. The lowest BCUT2D eigenvalue weighted by Gasteiger charge is -2.22. The molecule has 0 aliphatic heterocycles. The van der Waals surface area contributed by atoms with E-state index in [2.05, 4.69) is 20.6 Å². The lowest BCUT2D eigenvalue weighted by molar-refractivity contribution is -0.156. The number of hydrogen-bond donors (Lipinski definition) is 3. The zero-order valence-corrected chi connectivity index (χ0v) is 19.1. The minimum Gasteiger partial charge on any atom is -0.458 e. The van der Waals surface area contributed by atoms with Crippen molar-refractivity contribution in [3.05, 3.63) is 89.5 Å². The Labute approximate surface area is 192 Å². The molecule has 1 heterocycles. The third kappa shape index (κ3) is 6.29. The van der Waals surface area contributed by atoms with Crippen molar-refractivity contribution in [1.82, 2.24) is 20.6 Å². The Morgan fingerprint density at radius 3 is 1.94 bits per heavy atom. The van der Waals surface area contributed by atoms with Crippen LogP contribution >= 0.6 is 0 Å². The van der Waals surface area contributed by atoms with Crippen molar-refractivity contribution < 1.29 is 19.1 Å². The van der Waals surface area contributed by atoms with Crippen molar-refractivity contribution in [3.63, 3.8) is 0 Å². The van der Waals surface area contributed by atoms with E-state index in [4.69, 9.17) is 4.74 Å². The minimum absolute atomic E-state index is 0.000695. The Hall–Kier alpha value is -3.94. The fourth-order valence-electron chi connectivity index (χ4n) is 3.21. The maximum atomic E-state index is 13.1. The van der Waals surface area contributed by atoms with Gasteiger partial charge in [0, 0.05) is 0 Å². The third-order valence-corrected chi connectivity index (χ3v) is 4.73. The van der Waals surface area contributed by atoms with Crippen LogP contribution in [0.25, 0.3) is 0 Å². The van der Waals surface area contributed by atoms with Crippen LogP contribution in [0.1, 0.15) is 65.8 Å². The van der Waals surface area contributed by atoms with Gasteiger partial charge in [0.05, 0.1) is 12.4 Å². The zero-order valence-electron chi connectivity index (χ0n) is 19.1. The van der Waals surface area contributed by atoms with Crippen molar-refractivity contribution in [2.45, 2.75) is 45.4 Å². The van der Waals surface area contributed by atoms with Crippen LogP contribution < -0.4 is 10.6 Å². The van der Waals surface area contributed by atoms with Gasteiger partial charge in [0.25, 0.3) is 11.8 Å². The summed E-state index contributed by atoms with van der Waals surface area (Å²) in [5.74, 6) is -1.73. The Balaban J connectivity index is 1.78. The van der Waals surface area contributed by atoms with Gasteiger partial charge in [0.1, 0.15) is 17.3 Å². The normalized spacial score (nSPS) is 12.2. The van der Waals surface area contributed by atoms with Crippen LogP contribution in [0.5, 0.6) is 0 Å². The molecule has 8 heteroatoms. The van der Waals surface area contributed by atoms with E-state index in [-0.39, 0.29) is 11.4 Å². The maximum Gasteiger partial charge on any atom is 0.328 e. The van der Waals surface area contributed by atoms with Crippen molar-refractivity contribution in [3.8, 4) is 0 Å². The van der Waals surface area contributed by atoms with Crippen molar-refractivity contribution in [2.24, 2.45) is 0 Å². The summed E-state index contributed by atoms with van der Waals surface area (Å²) < 4.78 is 5.28. The van der Waals surface area contributed by atoms with Crippen molar-refractivity contribution in [1.29, 1.82) is 0 Å². The molecular formula is C25H28N4O4. The van der Waals surface area contributed by atoms with Crippen molar-refractivity contribution in [2.75, 3.05) is 0 Å². The lowest BCUT2D eigenvalue weighted by atomic mass is 9.98. The van der Waals surface area contributed by atoms with E-state index in [1.165, 1.54) is 13.3 Å². The average molecular weight is 449 g/mol. The van der Waals surface area contributed by atoms with Crippen LogP contribution in [-0.4, -0.2) is 39.4 Å². The Morgan fingerprint density at radius 1 is 0.879 bits per heavy atom. The number of aromatic nitrogens is 2. The number of nitrogens with zero attached hydrogens (tertiary/aromatic N) is 1. The van der Waals surface area contributed by atoms with E-state index in [0.29, 0.717) is 0 Å². The monoisotopic (exact) mass is 448 g/mol. The number of rotatable bonds is 7. The third-order valence-electron chi connectivity index (χ3n) is 4.73. The van der Waals surface area contributed by atoms with Gasteiger partial charge in [-0.1, -0.05) is 60.7 Å². The first-order valence-electron chi connectivity index (χ1n) is 10.6. The van der Waals surface area contributed by atoms with Gasteiger partial charge in [-0.2, -0.15) is 0 Å². The molecule has 0 spiro atoms. The molecule has 0 radical (unpaired) electrons. The molecule has 0 fully saturated rings. The highest BCUT2D eigenvalue weighted by atomic mass is 16.6. The van der Waals surface area contributed by atoms with Gasteiger partial charge in [0.15, 0.2) is 5.69 Å². The first-order valence-corrected chi connectivity index (χ1v) is 10.6. The van der Waals surface area contributed by atoms with Gasteiger partial charge in [-0.3, -0.25) is 9.59 Å². The summed E-state index contributed by atoms with van der Waals surface area (Å²) in [5.41, 5.74) is 0.989. The molecule has 3 aromatic rings. The molecule has 33 heavy (non-hydrogen) atoms. The highest BCUT2D eigenvalue weighted by Crippen LogP contribution is 2.22. The summed E-state index contributed by atoms with van der Waals surface area (Å²) in [6.07, 6.45) is 1.27. The summed E-state index contributed by atoms with van der Waals surface area (Å²) in [6.45, 7) is 6.74. The average Bonchev–Trinajstić information content (AvgIpc) is 3.27. The Kier molecular flexibility index (Phi) is 7.27. The first kappa shape index (κ1) is 23.7. The molecule has 0 aliphatic carbocycles. The number of amides is 2. The van der Waals surface area contributed by atoms with Gasteiger partial charge in [-0.05, 0) is 38.8 Å². The number of carbonyl (C=O) groups excluding carboxylic acids is 3. The molecule has 0 bridgehead atoms. The molecule has 0 saturated heterocycles. The fraction of sp³-hybridized carbons (Fsp3) is 0.280. The second-order valence-corrected chi connectivity index (χ2v) is 8.58. The van der Waals surface area contributed by atoms with Crippen molar-refractivity contribution >= 4 is 17.8 Å². The Bertz CT molecular complexity index is 1060. The van der Waals surface area contributed by atoms with E-state index < -0.39 is 35.5 Å². The second kappa shape index (κ2) is 10.1. The zero-order chi connectivity index (χ0) is 24.0. The van der Waals surface area contributed by atoms with E-state index in [1.807, 2.05) is 60.7 Å². The number of nitrogens with one attached hydrogen (secondary N) is 3. The molecule has 1 aromatic heterocycles. The van der Waals surface area contributed by atoms with Crippen LogP contribution in [0.2, 0.25) is 0 Å². The van der Waals surface area contributed by atoms with Gasteiger partial charge < -0.3 is 20.4 Å². The highest BCUT2D eigenvalue weighted by Gasteiger charge is 2.28. The molecule has 2 amide bonds. The molecule has 0 aliphatic rings. The first-order chi connectivity index (χ1) is 15.7. The summed E-state index contributed by atoms with van der Waals surface area (Å²) >= 11 is 0. The van der Waals surface area contributed by atoms with Crippen LogP contribution in [0, 0.1) is 0 Å². The molecule has 172 valence electrons. The molecule has 3 rings (SSSR count). The topological polar surface area (TPSA) is 113 Å². The summed E-state index contributed by atoms with van der Waals surface area (Å²) in [4.78, 5) is 44.8. The molecule has 1 atom stereocenters. The van der Waals surface area contributed by atoms with E-state index >= 15 is 0 Å². The predicted molar refractivity (Wildman–Crippen MR) is 124 cm³/mol. The van der Waals surface area contributed by atoms with Crippen LogP contribution in [0.4, 0.5) is 0 Å². The van der Waals surface area contributed by atoms with E-state index in [1.54, 1.807) is 20.8 Å². The van der Waals surface area contributed by atoms with Gasteiger partial charge in [-0.15, -0.1) is 0 Å². The highest BCUT2D eigenvalue weighted by molar-refractivity contribution is 6.05. The van der Waals surface area contributed by atoms with Crippen LogP contribution in [-0.2, 0) is 9.53 Å². The van der Waals surface area contributed by atoms with Crippen LogP contribution in [0.15, 0.2) is 67.0 Å². The lowest BCUT2D eigenvalue weighted by Crippen LogP contribution is -2.43. The standard InChI is InChI=1S/C25H28N4O4/c1-16(24(32)33-25(2,3)4)28-22(30)20-21(27-15-26-20)23(31)29-19(17-11-7-5-8-12-17)18-13-9-6-10-14-18/h5-16,19H,1-4H3,(H,26,27)(H,28,30)(H,29,31)/t16-/m0/s1. The number of imidazole rings is 1. The molecule has 2 aromatic carbocycles. The number of ether oxygens (including phenoxy) is 1. The molecule has 0 unspecified atom stereocenters. The maximum absolute atomic E-state index is 13.1. The van der Waals surface area contributed by atoms with Gasteiger partial charge >= 0.3 is 5.97 Å². The number of aromatic amines is 1. The molecule has 0 saturated carbocycles. The predicted octanol–water partition coefficient (Wildman–Crippen LogP) is 3.39. The summed E-state index contributed by atoms with van der Waals surface area (Å²) in [7, 11) is 0. The minimum atomic E-state index is -0.911. The number of carbonyl (C=O) groups is 3. The summed E-state index contributed by atoms with van der Waals surface area (Å²) in [6, 6.07) is 17.7. The van der Waals surface area contributed by atoms with Gasteiger partial charge in [0.2, 0.25) is 0 Å². The molecule has 8 nitrogen and oxygen atoms in total. The van der Waals surface area contributed by atoms with E-state index in [9.17, 15) is 14.4 Å². The number of esters is 1. The smallest absolute Gasteiger partial charge is 0.328 e. The van der Waals surface area contributed by atoms with Gasteiger partial charge in [-0.25, -0.2) is 9.78 Å². The molecule has 3 N–H and O–H groups in total. The second-order valence-electron chi connectivity index (χ2n) is 8.58. The number of hydrogen-bond acceptors (Lipinski definition) is 5. The van der Waals surface area contributed by atoms with Crippen LogP contribution in [0.3, 0.4) is 0 Å².